The Hall–Kier alpha value is -1.71. The van der Waals surface area contributed by atoms with Crippen molar-refractivity contribution in [1.82, 2.24) is 4.90 Å². The summed E-state index contributed by atoms with van der Waals surface area (Å²) in [5, 5.41) is 20.8. The van der Waals surface area contributed by atoms with Crippen molar-refractivity contribution in [2.75, 3.05) is 13.6 Å². The Morgan fingerprint density at radius 3 is 2.74 bits per heavy atom. The minimum absolute atomic E-state index is 0.140. The second kappa shape index (κ2) is 5.43. The molecule has 2 aromatic rings. The molecule has 1 unspecified atom stereocenters. The first-order chi connectivity index (χ1) is 11.1. The van der Waals surface area contributed by atoms with E-state index in [9.17, 15) is 10.2 Å². The first kappa shape index (κ1) is 14.9. The molecule has 0 amide bonds. The molecule has 23 heavy (non-hydrogen) atoms. The van der Waals surface area contributed by atoms with E-state index < -0.39 is 0 Å². The normalized spacial score (nSPS) is 23.6. The first-order valence-electron chi connectivity index (χ1n) is 8.08. The van der Waals surface area contributed by atoms with Gasteiger partial charge in [-0.25, -0.2) is 0 Å². The van der Waals surface area contributed by atoms with Gasteiger partial charge in [-0.2, -0.15) is 0 Å². The summed E-state index contributed by atoms with van der Waals surface area (Å²) in [6.07, 6.45) is 2.82. The summed E-state index contributed by atoms with van der Waals surface area (Å²) in [5.74, 6) is 0.685. The highest BCUT2D eigenvalue weighted by Crippen LogP contribution is 2.46. The smallest absolute Gasteiger partial charge is 0.134 e. The van der Waals surface area contributed by atoms with E-state index in [1.54, 1.807) is 6.07 Å². The summed E-state index contributed by atoms with van der Waals surface area (Å²) in [6, 6.07) is 9.90. The third-order valence-electron chi connectivity index (χ3n) is 5.44. The van der Waals surface area contributed by atoms with Crippen LogP contribution in [0.5, 0.6) is 11.5 Å². The average Bonchev–Trinajstić information content (AvgIpc) is 2.67. The molecule has 1 aliphatic carbocycles. The fourth-order valence-electron chi connectivity index (χ4n) is 4.26. The minimum Gasteiger partial charge on any atom is -0.508 e. The summed E-state index contributed by atoms with van der Waals surface area (Å²) < 4.78 is 0. The number of aromatic hydroxyl groups is 2. The number of hydrogen-bond acceptors (Lipinski definition) is 3. The SMILES string of the molecule is CN1CCc2cc(Cl)c(O)cc2C2c3cccc(O)c3CC[C@@H]21. The van der Waals surface area contributed by atoms with Gasteiger partial charge in [0.25, 0.3) is 0 Å². The van der Waals surface area contributed by atoms with E-state index >= 15 is 0 Å². The number of likely N-dealkylation sites (N-methyl/N-ethyl adjacent to an activating group) is 1. The van der Waals surface area contributed by atoms with Gasteiger partial charge in [0.15, 0.2) is 0 Å². The number of fused-ring (bicyclic) bond motifs is 5. The molecule has 0 saturated heterocycles. The predicted octanol–water partition coefficient (Wildman–Crippen LogP) is 3.69. The molecule has 0 saturated carbocycles. The van der Waals surface area contributed by atoms with Crippen molar-refractivity contribution >= 4 is 11.6 Å². The van der Waals surface area contributed by atoms with Gasteiger partial charge < -0.3 is 15.1 Å². The van der Waals surface area contributed by atoms with Crippen LogP contribution >= 0.6 is 11.6 Å². The second-order valence-corrected chi connectivity index (χ2v) is 7.07. The predicted molar refractivity (Wildman–Crippen MR) is 91.5 cm³/mol. The lowest BCUT2D eigenvalue weighted by atomic mass is 9.74. The Bertz CT molecular complexity index is 774. The Kier molecular flexibility index (Phi) is 3.51. The van der Waals surface area contributed by atoms with Gasteiger partial charge in [-0.1, -0.05) is 23.7 Å². The van der Waals surface area contributed by atoms with E-state index in [0.717, 1.165) is 36.9 Å². The molecule has 2 N–H and O–H groups in total. The van der Waals surface area contributed by atoms with Crippen molar-refractivity contribution < 1.29 is 10.2 Å². The molecule has 0 spiro atoms. The number of nitrogens with zero attached hydrogens (tertiary/aromatic N) is 1. The van der Waals surface area contributed by atoms with E-state index in [1.165, 1.54) is 11.1 Å². The molecule has 3 nitrogen and oxygen atoms in total. The fraction of sp³-hybridized carbons (Fsp3) is 0.368. The van der Waals surface area contributed by atoms with Gasteiger partial charge in [0.2, 0.25) is 0 Å². The molecule has 2 atom stereocenters. The summed E-state index contributed by atoms with van der Waals surface area (Å²) in [7, 11) is 2.17. The van der Waals surface area contributed by atoms with Gasteiger partial charge in [-0.3, -0.25) is 0 Å². The fourth-order valence-corrected chi connectivity index (χ4v) is 4.45. The van der Waals surface area contributed by atoms with Crippen LogP contribution in [0.15, 0.2) is 30.3 Å². The molecule has 1 heterocycles. The lowest BCUT2D eigenvalue weighted by molar-refractivity contribution is 0.213. The van der Waals surface area contributed by atoms with E-state index in [1.807, 2.05) is 18.2 Å². The second-order valence-electron chi connectivity index (χ2n) is 6.66. The molecule has 4 rings (SSSR count). The molecular weight excluding hydrogens is 310 g/mol. The van der Waals surface area contributed by atoms with E-state index in [2.05, 4.69) is 18.0 Å². The highest BCUT2D eigenvalue weighted by atomic mass is 35.5. The van der Waals surface area contributed by atoms with Crippen molar-refractivity contribution in [3.63, 3.8) is 0 Å². The maximum atomic E-state index is 10.2. The highest BCUT2D eigenvalue weighted by Gasteiger charge is 2.37. The van der Waals surface area contributed by atoms with Crippen LogP contribution in [-0.2, 0) is 12.8 Å². The maximum Gasteiger partial charge on any atom is 0.134 e. The monoisotopic (exact) mass is 329 g/mol. The molecule has 0 bridgehead atoms. The van der Waals surface area contributed by atoms with Crippen molar-refractivity contribution in [2.24, 2.45) is 0 Å². The highest BCUT2D eigenvalue weighted by molar-refractivity contribution is 6.32. The Balaban J connectivity index is 1.96. The van der Waals surface area contributed by atoms with Gasteiger partial charge in [-0.05, 0) is 66.8 Å². The molecular formula is C19H20ClNO2. The van der Waals surface area contributed by atoms with Crippen LogP contribution in [0.4, 0.5) is 0 Å². The topological polar surface area (TPSA) is 43.7 Å². The van der Waals surface area contributed by atoms with Gasteiger partial charge in [-0.15, -0.1) is 0 Å². The number of halogens is 1. The molecule has 0 fully saturated rings. The summed E-state index contributed by atoms with van der Waals surface area (Å²) in [6.45, 7) is 0.976. The molecule has 1 aliphatic heterocycles. The number of benzene rings is 2. The van der Waals surface area contributed by atoms with E-state index in [-0.39, 0.29) is 11.7 Å². The van der Waals surface area contributed by atoms with Crippen LogP contribution in [0.2, 0.25) is 5.02 Å². The zero-order valence-corrected chi connectivity index (χ0v) is 13.8. The standard InChI is InChI=1S/C19H20ClNO2/c1-21-8-7-11-9-15(20)18(23)10-14(11)19-13-3-2-4-17(22)12(13)5-6-16(19)21/h2-4,9-10,16,19,22-23H,5-8H2,1H3/t16-,19?/m0/s1. The summed E-state index contributed by atoms with van der Waals surface area (Å²) in [4.78, 5) is 2.41. The van der Waals surface area contributed by atoms with Crippen LogP contribution in [0, 0.1) is 0 Å². The van der Waals surface area contributed by atoms with Gasteiger partial charge >= 0.3 is 0 Å². The number of hydrogen-bond donors (Lipinski definition) is 2. The van der Waals surface area contributed by atoms with Crippen LogP contribution in [0.25, 0.3) is 0 Å². The Labute approximate surface area is 141 Å². The van der Waals surface area contributed by atoms with Crippen molar-refractivity contribution in [3.8, 4) is 11.5 Å². The maximum absolute atomic E-state index is 10.2. The van der Waals surface area contributed by atoms with Gasteiger partial charge in [0.05, 0.1) is 5.02 Å². The molecule has 120 valence electrons. The lowest BCUT2D eigenvalue weighted by Gasteiger charge is -2.38. The van der Waals surface area contributed by atoms with Crippen molar-refractivity contribution in [1.29, 1.82) is 0 Å². The molecule has 0 radical (unpaired) electrons. The molecule has 2 aromatic carbocycles. The average molecular weight is 330 g/mol. The quantitative estimate of drug-likeness (QED) is 0.774. The van der Waals surface area contributed by atoms with Crippen molar-refractivity contribution in [2.45, 2.75) is 31.2 Å². The van der Waals surface area contributed by atoms with E-state index in [0.29, 0.717) is 16.8 Å². The Morgan fingerprint density at radius 1 is 1.09 bits per heavy atom. The molecule has 4 heteroatoms. The largest absolute Gasteiger partial charge is 0.508 e. The van der Waals surface area contributed by atoms with Crippen LogP contribution in [0.3, 0.4) is 0 Å². The van der Waals surface area contributed by atoms with Crippen LogP contribution < -0.4 is 0 Å². The van der Waals surface area contributed by atoms with Crippen LogP contribution in [0.1, 0.15) is 34.6 Å². The third-order valence-corrected chi connectivity index (χ3v) is 5.74. The van der Waals surface area contributed by atoms with Gasteiger partial charge in [0.1, 0.15) is 11.5 Å². The van der Waals surface area contributed by atoms with E-state index in [4.69, 9.17) is 11.6 Å². The Morgan fingerprint density at radius 2 is 1.91 bits per heavy atom. The first-order valence-corrected chi connectivity index (χ1v) is 8.46. The summed E-state index contributed by atoms with van der Waals surface area (Å²) >= 11 is 6.13. The molecule has 0 aromatic heterocycles. The minimum atomic E-state index is 0.140. The summed E-state index contributed by atoms with van der Waals surface area (Å²) in [5.41, 5.74) is 4.57. The third kappa shape index (κ3) is 2.30. The zero-order valence-electron chi connectivity index (χ0n) is 13.1. The lowest BCUT2D eigenvalue weighted by Crippen LogP contribution is -2.39. The number of phenols is 2. The number of rotatable bonds is 0. The van der Waals surface area contributed by atoms with Gasteiger partial charge in [0, 0.05) is 18.5 Å². The van der Waals surface area contributed by atoms with Crippen molar-refractivity contribution in [3.05, 3.63) is 57.6 Å². The number of phenolic OH excluding ortho intramolecular Hbond substituents is 2. The van der Waals surface area contributed by atoms with Crippen LogP contribution in [-0.4, -0.2) is 34.7 Å². The zero-order chi connectivity index (χ0) is 16.1. The molecule has 2 aliphatic rings.